The number of hydrogen-bond donors (Lipinski definition) is 0. The van der Waals surface area contributed by atoms with Crippen LogP contribution in [0, 0.1) is 6.92 Å². The van der Waals surface area contributed by atoms with Crippen molar-refractivity contribution in [3.8, 4) is 11.1 Å². The van der Waals surface area contributed by atoms with E-state index in [9.17, 15) is 0 Å². The summed E-state index contributed by atoms with van der Waals surface area (Å²) in [5, 5.41) is 0. The van der Waals surface area contributed by atoms with Gasteiger partial charge in [0.1, 0.15) is 0 Å². The zero-order chi connectivity index (χ0) is 15.1. The Hall–Kier alpha value is -2.08. The molecule has 0 bridgehead atoms. The van der Waals surface area contributed by atoms with Crippen molar-refractivity contribution >= 4 is 0 Å². The largest absolute Gasteiger partial charge is 0.106 e. The standard InChI is InChI=1S/C13H12.C2H6.2C2H4/c1-11-7-9-13(10-8-11)12-5-3-2-4-6-12;3*1-2/h2-10H,1H3;1-2H3;2*1-2H2. The second-order valence-corrected chi connectivity index (χ2v) is 3.23. The first-order chi connectivity index (χ1) is 9.36. The quantitative estimate of drug-likeness (QED) is 0.524. The summed E-state index contributed by atoms with van der Waals surface area (Å²) in [7, 11) is 0. The molecule has 0 spiro atoms. The van der Waals surface area contributed by atoms with Crippen molar-refractivity contribution in [2.24, 2.45) is 0 Å². The summed E-state index contributed by atoms with van der Waals surface area (Å²) in [4.78, 5) is 0. The van der Waals surface area contributed by atoms with Crippen molar-refractivity contribution in [2.45, 2.75) is 20.8 Å². The normalized spacial score (nSPS) is 7.53. The van der Waals surface area contributed by atoms with Crippen molar-refractivity contribution < 1.29 is 0 Å². The number of rotatable bonds is 1. The zero-order valence-electron chi connectivity index (χ0n) is 12.5. The van der Waals surface area contributed by atoms with Gasteiger partial charge in [0, 0.05) is 0 Å². The average molecular weight is 254 g/mol. The SMILES string of the molecule is C=C.C=C.CC.Cc1ccc(-c2ccccc2)cc1. The van der Waals surface area contributed by atoms with Gasteiger partial charge in [0.25, 0.3) is 0 Å². The lowest BCUT2D eigenvalue weighted by Gasteiger charge is -2.00. The van der Waals surface area contributed by atoms with E-state index in [4.69, 9.17) is 0 Å². The first-order valence-corrected chi connectivity index (χ1v) is 6.48. The molecule has 0 heterocycles. The third-order valence-electron chi connectivity index (χ3n) is 2.16. The molecule has 0 aliphatic heterocycles. The van der Waals surface area contributed by atoms with Crippen molar-refractivity contribution in [3.63, 3.8) is 0 Å². The second kappa shape index (κ2) is 14.0. The Morgan fingerprint density at radius 2 is 0.947 bits per heavy atom. The van der Waals surface area contributed by atoms with Crippen molar-refractivity contribution in [1.82, 2.24) is 0 Å². The molecule has 0 aliphatic carbocycles. The van der Waals surface area contributed by atoms with Gasteiger partial charge in [-0.2, -0.15) is 0 Å². The van der Waals surface area contributed by atoms with Crippen molar-refractivity contribution in [3.05, 3.63) is 86.5 Å². The van der Waals surface area contributed by atoms with E-state index in [0.29, 0.717) is 0 Å². The number of aryl methyl sites for hydroxylation is 1. The van der Waals surface area contributed by atoms with Gasteiger partial charge in [-0.15, -0.1) is 26.3 Å². The van der Waals surface area contributed by atoms with E-state index in [0.717, 1.165) is 0 Å². The Bertz CT molecular complexity index is 396. The van der Waals surface area contributed by atoms with Gasteiger partial charge in [-0.3, -0.25) is 0 Å². The maximum absolute atomic E-state index is 3.00. The molecule has 2 rings (SSSR count). The van der Waals surface area contributed by atoms with Gasteiger partial charge in [0.05, 0.1) is 0 Å². The highest BCUT2D eigenvalue weighted by molar-refractivity contribution is 5.63. The molecule has 0 amide bonds. The third kappa shape index (κ3) is 7.77. The predicted octanol–water partition coefficient (Wildman–Crippen LogP) is 6.29. The molecule has 2 aromatic rings. The highest BCUT2D eigenvalue weighted by Gasteiger charge is 1.93. The van der Waals surface area contributed by atoms with Crippen molar-refractivity contribution in [2.75, 3.05) is 0 Å². The van der Waals surface area contributed by atoms with Crippen LogP contribution in [-0.2, 0) is 0 Å². The Balaban J connectivity index is 0. The highest BCUT2D eigenvalue weighted by atomic mass is 14.0. The summed E-state index contributed by atoms with van der Waals surface area (Å²) >= 11 is 0. The topological polar surface area (TPSA) is 0 Å². The van der Waals surface area contributed by atoms with Gasteiger partial charge in [-0.1, -0.05) is 74.0 Å². The monoisotopic (exact) mass is 254 g/mol. The molecular weight excluding hydrogens is 228 g/mol. The molecule has 0 saturated heterocycles. The first-order valence-electron chi connectivity index (χ1n) is 6.48. The van der Waals surface area contributed by atoms with Crippen LogP contribution in [0.1, 0.15) is 19.4 Å². The van der Waals surface area contributed by atoms with Crippen LogP contribution in [-0.4, -0.2) is 0 Å². The lowest BCUT2D eigenvalue weighted by atomic mass is 10.0. The Morgan fingerprint density at radius 1 is 0.579 bits per heavy atom. The van der Waals surface area contributed by atoms with Gasteiger partial charge in [-0.05, 0) is 18.1 Å². The van der Waals surface area contributed by atoms with Crippen LogP contribution in [0.5, 0.6) is 0 Å². The Kier molecular flexibility index (Phi) is 14.2. The van der Waals surface area contributed by atoms with E-state index in [1.165, 1.54) is 16.7 Å². The molecule has 102 valence electrons. The van der Waals surface area contributed by atoms with E-state index in [2.05, 4.69) is 81.8 Å². The molecule has 0 fully saturated rings. The second-order valence-electron chi connectivity index (χ2n) is 3.23. The molecule has 0 atom stereocenters. The molecule has 0 aliphatic rings. The summed E-state index contributed by atoms with van der Waals surface area (Å²) in [6.07, 6.45) is 0. The molecule has 0 nitrogen and oxygen atoms in total. The van der Waals surface area contributed by atoms with Crippen LogP contribution >= 0.6 is 0 Å². The third-order valence-corrected chi connectivity index (χ3v) is 2.16. The smallest absolute Gasteiger partial charge is 0.0184 e. The van der Waals surface area contributed by atoms with Crippen LogP contribution in [0.4, 0.5) is 0 Å². The van der Waals surface area contributed by atoms with E-state index in [1.807, 2.05) is 19.9 Å². The van der Waals surface area contributed by atoms with Gasteiger partial charge in [0.15, 0.2) is 0 Å². The van der Waals surface area contributed by atoms with Gasteiger partial charge < -0.3 is 0 Å². The average Bonchev–Trinajstić information content (AvgIpc) is 2.55. The van der Waals surface area contributed by atoms with E-state index < -0.39 is 0 Å². The molecule has 0 aromatic heterocycles. The summed E-state index contributed by atoms with van der Waals surface area (Å²) in [5.74, 6) is 0. The molecule has 0 radical (unpaired) electrons. The summed E-state index contributed by atoms with van der Waals surface area (Å²) in [5.41, 5.74) is 3.87. The minimum atomic E-state index is 1.28. The lowest BCUT2D eigenvalue weighted by molar-refractivity contribution is 1.47. The maximum atomic E-state index is 3.00. The molecule has 0 unspecified atom stereocenters. The Morgan fingerprint density at radius 3 is 1.37 bits per heavy atom. The fraction of sp³-hybridized carbons (Fsp3) is 0.158. The van der Waals surface area contributed by atoms with Crippen LogP contribution in [0.2, 0.25) is 0 Å². The van der Waals surface area contributed by atoms with Crippen LogP contribution in [0.25, 0.3) is 11.1 Å². The summed E-state index contributed by atoms with van der Waals surface area (Å²) in [6.45, 7) is 18.1. The molecule has 2 aromatic carbocycles. The summed E-state index contributed by atoms with van der Waals surface area (Å²) < 4.78 is 0. The molecule has 0 N–H and O–H groups in total. The van der Waals surface area contributed by atoms with Crippen molar-refractivity contribution in [1.29, 1.82) is 0 Å². The fourth-order valence-corrected chi connectivity index (χ4v) is 1.38. The van der Waals surface area contributed by atoms with E-state index in [1.54, 1.807) is 0 Å². The fourth-order valence-electron chi connectivity index (χ4n) is 1.38. The summed E-state index contributed by atoms with van der Waals surface area (Å²) in [6, 6.07) is 19.0. The first kappa shape index (κ1) is 19.3. The molecule has 0 heteroatoms. The molecule has 0 saturated carbocycles. The van der Waals surface area contributed by atoms with Crippen LogP contribution in [0.3, 0.4) is 0 Å². The Labute approximate surface area is 119 Å². The van der Waals surface area contributed by atoms with Crippen LogP contribution < -0.4 is 0 Å². The minimum absolute atomic E-state index is 1.28. The minimum Gasteiger partial charge on any atom is -0.106 e. The van der Waals surface area contributed by atoms with E-state index >= 15 is 0 Å². The highest BCUT2D eigenvalue weighted by Crippen LogP contribution is 2.18. The predicted molar refractivity (Wildman–Crippen MR) is 90.5 cm³/mol. The molecular formula is C19H26. The zero-order valence-corrected chi connectivity index (χ0v) is 12.5. The maximum Gasteiger partial charge on any atom is -0.0184 e. The van der Waals surface area contributed by atoms with Gasteiger partial charge in [-0.25, -0.2) is 0 Å². The van der Waals surface area contributed by atoms with Gasteiger partial charge >= 0.3 is 0 Å². The number of hydrogen-bond acceptors (Lipinski definition) is 0. The van der Waals surface area contributed by atoms with Gasteiger partial charge in [0.2, 0.25) is 0 Å². The molecule has 19 heavy (non-hydrogen) atoms. The lowest BCUT2D eigenvalue weighted by Crippen LogP contribution is -1.76. The number of benzene rings is 2. The van der Waals surface area contributed by atoms with Crippen LogP contribution in [0.15, 0.2) is 80.9 Å². The van der Waals surface area contributed by atoms with E-state index in [-0.39, 0.29) is 0 Å².